The SMILES string of the molecule is CCc1c(O)nn(C(C)(C)C)c1-c1ccccc1. The zero-order valence-corrected chi connectivity index (χ0v) is 11.4. The predicted octanol–water partition coefficient (Wildman–Crippen LogP) is 3.57. The third-order valence-corrected chi connectivity index (χ3v) is 3.00. The summed E-state index contributed by atoms with van der Waals surface area (Å²) in [6, 6.07) is 10.1. The fraction of sp³-hybridized carbons (Fsp3) is 0.400. The lowest BCUT2D eigenvalue weighted by molar-refractivity contribution is 0.341. The molecule has 0 aliphatic heterocycles. The molecule has 0 aliphatic carbocycles. The lowest BCUT2D eigenvalue weighted by atomic mass is 10.0. The van der Waals surface area contributed by atoms with Gasteiger partial charge in [0, 0.05) is 11.1 Å². The van der Waals surface area contributed by atoms with Crippen LogP contribution in [0.15, 0.2) is 30.3 Å². The highest BCUT2D eigenvalue weighted by Crippen LogP contribution is 2.34. The van der Waals surface area contributed by atoms with Gasteiger partial charge in [-0.3, -0.25) is 4.68 Å². The first kappa shape index (κ1) is 12.7. The maximum atomic E-state index is 10.0. The molecular weight excluding hydrogens is 224 g/mol. The minimum atomic E-state index is -0.157. The van der Waals surface area contributed by atoms with Gasteiger partial charge in [-0.2, -0.15) is 0 Å². The average Bonchev–Trinajstić information content (AvgIpc) is 2.67. The molecule has 0 spiro atoms. The van der Waals surface area contributed by atoms with Crippen LogP contribution in [0.1, 0.15) is 33.3 Å². The second-order valence-corrected chi connectivity index (χ2v) is 5.45. The molecular formula is C15H20N2O. The third-order valence-electron chi connectivity index (χ3n) is 3.00. The molecule has 3 nitrogen and oxygen atoms in total. The Kier molecular flexibility index (Phi) is 3.16. The summed E-state index contributed by atoms with van der Waals surface area (Å²) in [4.78, 5) is 0. The maximum Gasteiger partial charge on any atom is 0.234 e. The molecule has 2 rings (SSSR count). The quantitative estimate of drug-likeness (QED) is 0.877. The van der Waals surface area contributed by atoms with Crippen LogP contribution in [-0.4, -0.2) is 14.9 Å². The van der Waals surface area contributed by atoms with E-state index in [4.69, 9.17) is 0 Å². The number of nitrogens with zero attached hydrogens (tertiary/aromatic N) is 2. The number of aromatic nitrogens is 2. The van der Waals surface area contributed by atoms with E-state index in [9.17, 15) is 5.11 Å². The normalized spacial score (nSPS) is 11.8. The topological polar surface area (TPSA) is 38.1 Å². The number of rotatable bonds is 2. The van der Waals surface area contributed by atoms with Crippen molar-refractivity contribution in [3.8, 4) is 17.1 Å². The van der Waals surface area contributed by atoms with E-state index < -0.39 is 0 Å². The number of benzene rings is 1. The minimum absolute atomic E-state index is 0.145. The van der Waals surface area contributed by atoms with E-state index in [0.717, 1.165) is 23.2 Å². The molecule has 0 unspecified atom stereocenters. The third kappa shape index (κ3) is 2.13. The molecule has 96 valence electrons. The fourth-order valence-corrected chi connectivity index (χ4v) is 2.14. The van der Waals surface area contributed by atoms with Crippen LogP contribution in [0.4, 0.5) is 0 Å². The lowest BCUT2D eigenvalue weighted by Crippen LogP contribution is -2.24. The first-order chi connectivity index (χ1) is 8.45. The maximum absolute atomic E-state index is 10.0. The van der Waals surface area contributed by atoms with Crippen molar-refractivity contribution in [1.29, 1.82) is 0 Å². The molecule has 0 amide bonds. The summed E-state index contributed by atoms with van der Waals surface area (Å²) >= 11 is 0. The van der Waals surface area contributed by atoms with E-state index in [1.54, 1.807) is 0 Å². The van der Waals surface area contributed by atoms with Crippen LogP contribution in [0, 0.1) is 0 Å². The standard InChI is InChI=1S/C15H20N2O/c1-5-12-13(11-9-7-6-8-10-11)17(15(2,3)4)16-14(12)18/h6-10H,5H2,1-4H3,(H,16,18). The molecule has 0 atom stereocenters. The number of hydrogen-bond donors (Lipinski definition) is 1. The summed E-state index contributed by atoms with van der Waals surface area (Å²) in [5, 5.41) is 14.3. The number of hydrogen-bond acceptors (Lipinski definition) is 2. The second kappa shape index (κ2) is 4.48. The molecule has 1 N–H and O–H groups in total. The lowest BCUT2D eigenvalue weighted by Gasteiger charge is -2.22. The summed E-state index contributed by atoms with van der Waals surface area (Å²) in [6.07, 6.45) is 0.770. The Bertz CT molecular complexity index is 536. The molecule has 1 aromatic heterocycles. The smallest absolute Gasteiger partial charge is 0.234 e. The van der Waals surface area contributed by atoms with Gasteiger partial charge in [0.15, 0.2) is 0 Å². The average molecular weight is 244 g/mol. The summed E-state index contributed by atoms with van der Waals surface area (Å²) in [5.41, 5.74) is 2.87. The van der Waals surface area contributed by atoms with E-state index in [0.29, 0.717) is 0 Å². The van der Waals surface area contributed by atoms with Gasteiger partial charge < -0.3 is 5.11 Å². The van der Waals surface area contributed by atoms with Gasteiger partial charge >= 0.3 is 0 Å². The predicted molar refractivity (Wildman–Crippen MR) is 73.7 cm³/mol. The molecule has 1 heterocycles. The van der Waals surface area contributed by atoms with Gasteiger partial charge in [-0.15, -0.1) is 5.10 Å². The Morgan fingerprint density at radius 3 is 2.28 bits per heavy atom. The monoisotopic (exact) mass is 244 g/mol. The van der Waals surface area contributed by atoms with Crippen molar-refractivity contribution in [2.75, 3.05) is 0 Å². The van der Waals surface area contributed by atoms with Gasteiger partial charge in [-0.25, -0.2) is 0 Å². The van der Waals surface area contributed by atoms with E-state index in [2.05, 4.69) is 38.0 Å². The van der Waals surface area contributed by atoms with Crippen molar-refractivity contribution in [3.63, 3.8) is 0 Å². The highest BCUT2D eigenvalue weighted by atomic mass is 16.3. The molecule has 1 aromatic carbocycles. The Morgan fingerprint density at radius 1 is 1.17 bits per heavy atom. The molecule has 0 fully saturated rings. The fourth-order valence-electron chi connectivity index (χ4n) is 2.14. The van der Waals surface area contributed by atoms with Gasteiger partial charge in [0.1, 0.15) is 0 Å². The minimum Gasteiger partial charge on any atom is -0.492 e. The molecule has 0 saturated carbocycles. The van der Waals surface area contributed by atoms with E-state index in [1.165, 1.54) is 0 Å². The van der Waals surface area contributed by atoms with Crippen molar-refractivity contribution in [2.24, 2.45) is 0 Å². The highest BCUT2D eigenvalue weighted by molar-refractivity contribution is 5.66. The second-order valence-electron chi connectivity index (χ2n) is 5.45. The molecule has 0 saturated heterocycles. The van der Waals surface area contributed by atoms with E-state index in [1.807, 2.05) is 29.8 Å². The summed E-state index contributed by atoms with van der Waals surface area (Å²) in [5.74, 6) is 0.145. The first-order valence-electron chi connectivity index (χ1n) is 6.32. The van der Waals surface area contributed by atoms with Gasteiger partial charge in [0.05, 0.1) is 11.2 Å². The highest BCUT2D eigenvalue weighted by Gasteiger charge is 2.24. The first-order valence-corrected chi connectivity index (χ1v) is 6.32. The molecule has 18 heavy (non-hydrogen) atoms. The van der Waals surface area contributed by atoms with Crippen LogP contribution in [-0.2, 0) is 12.0 Å². The van der Waals surface area contributed by atoms with Crippen molar-refractivity contribution < 1.29 is 5.11 Å². The van der Waals surface area contributed by atoms with Crippen LogP contribution in [0.25, 0.3) is 11.3 Å². The summed E-state index contributed by atoms with van der Waals surface area (Å²) in [7, 11) is 0. The van der Waals surface area contributed by atoms with Crippen LogP contribution >= 0.6 is 0 Å². The Hall–Kier alpha value is -1.77. The summed E-state index contributed by atoms with van der Waals surface area (Å²) in [6.45, 7) is 8.30. The number of aromatic hydroxyl groups is 1. The molecule has 3 heteroatoms. The molecule has 0 aliphatic rings. The van der Waals surface area contributed by atoms with Crippen molar-refractivity contribution >= 4 is 0 Å². The van der Waals surface area contributed by atoms with Crippen molar-refractivity contribution in [3.05, 3.63) is 35.9 Å². The van der Waals surface area contributed by atoms with Gasteiger partial charge in [-0.1, -0.05) is 37.3 Å². The van der Waals surface area contributed by atoms with Crippen LogP contribution < -0.4 is 0 Å². The van der Waals surface area contributed by atoms with Crippen molar-refractivity contribution in [1.82, 2.24) is 9.78 Å². The van der Waals surface area contributed by atoms with Crippen LogP contribution in [0.5, 0.6) is 5.88 Å². The summed E-state index contributed by atoms with van der Waals surface area (Å²) < 4.78 is 1.91. The van der Waals surface area contributed by atoms with Gasteiger partial charge in [0.2, 0.25) is 5.88 Å². The van der Waals surface area contributed by atoms with Gasteiger partial charge in [-0.05, 0) is 27.2 Å². The van der Waals surface area contributed by atoms with E-state index in [-0.39, 0.29) is 11.4 Å². The van der Waals surface area contributed by atoms with Gasteiger partial charge in [0.25, 0.3) is 0 Å². The zero-order chi connectivity index (χ0) is 13.3. The van der Waals surface area contributed by atoms with Crippen LogP contribution in [0.2, 0.25) is 0 Å². The molecule has 0 radical (unpaired) electrons. The van der Waals surface area contributed by atoms with Crippen molar-refractivity contribution in [2.45, 2.75) is 39.7 Å². The van der Waals surface area contributed by atoms with Crippen LogP contribution in [0.3, 0.4) is 0 Å². The van der Waals surface area contributed by atoms with E-state index >= 15 is 0 Å². The molecule has 0 bridgehead atoms. The largest absolute Gasteiger partial charge is 0.492 e. The Labute approximate surface area is 108 Å². The Morgan fingerprint density at radius 2 is 1.78 bits per heavy atom. The Balaban J connectivity index is 2.71. The zero-order valence-electron chi connectivity index (χ0n) is 11.4. The molecule has 2 aromatic rings.